The van der Waals surface area contributed by atoms with Crippen molar-refractivity contribution in [3.05, 3.63) is 53.6 Å². The highest BCUT2D eigenvalue weighted by atomic mass is 28.2. The van der Waals surface area contributed by atoms with E-state index in [0.717, 1.165) is 6.42 Å². The molecule has 0 aromatic heterocycles. The van der Waals surface area contributed by atoms with Gasteiger partial charge in [0.05, 0.1) is 0 Å². The van der Waals surface area contributed by atoms with E-state index in [4.69, 9.17) is 0 Å². The van der Waals surface area contributed by atoms with Crippen molar-refractivity contribution in [2.24, 2.45) is 0 Å². The van der Waals surface area contributed by atoms with E-state index < -0.39 is 0 Å². The summed E-state index contributed by atoms with van der Waals surface area (Å²) < 4.78 is 4.06. The monoisotopic (exact) mass is 225 g/mol. The second kappa shape index (κ2) is 5.10. The van der Waals surface area contributed by atoms with Crippen LogP contribution in [0.3, 0.4) is 0 Å². The molecule has 1 aliphatic rings. The molecule has 2 heteroatoms. The van der Waals surface area contributed by atoms with Crippen LogP contribution in [0.25, 0.3) is 16.8 Å². The van der Waals surface area contributed by atoms with E-state index in [1.165, 1.54) is 29.0 Å². The third-order valence-corrected chi connectivity index (χ3v) is 2.66. The normalized spacial score (nSPS) is 12.1. The van der Waals surface area contributed by atoms with Gasteiger partial charge in [-0.25, -0.2) is 0 Å². The summed E-state index contributed by atoms with van der Waals surface area (Å²) in [6, 6.07) is 13.0. The zero-order valence-corrected chi connectivity index (χ0v) is 10.2. The first kappa shape index (κ1) is 11.1. The minimum absolute atomic E-state index is 1.08. The third-order valence-electron chi connectivity index (χ3n) is 2.66. The Balaban J connectivity index is 0.000000292. The molecule has 0 saturated heterocycles. The molecule has 2 aromatic carbocycles. The predicted octanol–water partition coefficient (Wildman–Crippen LogP) is 3.13. The van der Waals surface area contributed by atoms with Gasteiger partial charge in [-0.05, 0) is 28.3 Å². The van der Waals surface area contributed by atoms with Gasteiger partial charge >= 0.3 is 0 Å². The molecule has 79 valence electrons. The molecular weight excluding hydrogens is 212 g/mol. The standard InChI is InChI=1S/C13H10.CH3OSi/c1-4-10-6-2-8-12-9-3-7-11(5-1)13(10)12;1-2-3/h1-8H,9H2;1H3. The molecule has 0 unspecified atom stereocenters. The largest absolute Gasteiger partial charge is 0.422 e. The highest BCUT2D eigenvalue weighted by molar-refractivity contribution is 5.97. The first-order valence-corrected chi connectivity index (χ1v) is 5.64. The molecule has 0 N–H and O–H groups in total. The van der Waals surface area contributed by atoms with E-state index >= 15 is 0 Å². The molecule has 0 atom stereocenters. The van der Waals surface area contributed by atoms with Crippen molar-refractivity contribution in [3.63, 3.8) is 0 Å². The first-order valence-electron chi connectivity index (χ1n) is 5.23. The van der Waals surface area contributed by atoms with Crippen molar-refractivity contribution in [2.75, 3.05) is 7.11 Å². The fourth-order valence-corrected chi connectivity index (χ4v) is 2.07. The highest BCUT2D eigenvalue weighted by Gasteiger charge is 2.06. The number of hydrogen-bond acceptors (Lipinski definition) is 1. The Bertz CT molecular complexity index is 512. The summed E-state index contributed by atoms with van der Waals surface area (Å²) >= 11 is 0. The van der Waals surface area contributed by atoms with Gasteiger partial charge < -0.3 is 4.43 Å². The van der Waals surface area contributed by atoms with Crippen LogP contribution in [0.2, 0.25) is 0 Å². The molecule has 0 bridgehead atoms. The Hall–Kier alpha value is -1.38. The molecule has 0 heterocycles. The topological polar surface area (TPSA) is 9.23 Å². The molecule has 0 fully saturated rings. The number of hydrogen-bond donors (Lipinski definition) is 0. The predicted molar refractivity (Wildman–Crippen MR) is 69.4 cm³/mol. The number of allylic oxidation sites excluding steroid dienone is 1. The molecule has 16 heavy (non-hydrogen) atoms. The number of benzene rings is 2. The van der Waals surface area contributed by atoms with Crippen LogP contribution < -0.4 is 0 Å². The summed E-state index contributed by atoms with van der Waals surface area (Å²) in [6.45, 7) is 0. The summed E-state index contributed by atoms with van der Waals surface area (Å²) in [5.74, 6) is 0. The van der Waals surface area contributed by atoms with Gasteiger partial charge in [0.1, 0.15) is 0 Å². The zero-order chi connectivity index (χ0) is 11.4. The van der Waals surface area contributed by atoms with E-state index in [2.05, 4.69) is 63.5 Å². The molecule has 0 amide bonds. The quantitative estimate of drug-likeness (QED) is 0.626. The fraction of sp³-hybridized carbons (Fsp3) is 0.143. The molecule has 0 aliphatic heterocycles. The van der Waals surface area contributed by atoms with Crippen LogP contribution in [0.15, 0.2) is 42.5 Å². The van der Waals surface area contributed by atoms with Gasteiger partial charge in [-0.2, -0.15) is 0 Å². The SMILES string of the molecule is C1=Cc2cccc3cccc(c23)C1.CO[Si]. The minimum Gasteiger partial charge on any atom is -0.422 e. The van der Waals surface area contributed by atoms with E-state index in [1.807, 2.05) is 0 Å². The first-order chi connectivity index (χ1) is 7.86. The summed E-state index contributed by atoms with van der Waals surface area (Å²) in [4.78, 5) is 0. The van der Waals surface area contributed by atoms with Gasteiger partial charge in [-0.15, -0.1) is 0 Å². The van der Waals surface area contributed by atoms with Crippen molar-refractivity contribution in [1.29, 1.82) is 0 Å². The van der Waals surface area contributed by atoms with E-state index in [-0.39, 0.29) is 0 Å². The van der Waals surface area contributed by atoms with Gasteiger partial charge in [-0.3, -0.25) is 0 Å². The van der Waals surface area contributed by atoms with Gasteiger partial charge in [0.25, 0.3) is 0 Å². The lowest BCUT2D eigenvalue weighted by molar-refractivity contribution is 0.460. The van der Waals surface area contributed by atoms with Crippen LogP contribution in [0.1, 0.15) is 11.1 Å². The van der Waals surface area contributed by atoms with Crippen LogP contribution in [0.5, 0.6) is 0 Å². The molecule has 2 aromatic rings. The van der Waals surface area contributed by atoms with Crippen molar-refractivity contribution in [3.8, 4) is 0 Å². The maximum atomic E-state index is 4.06. The van der Waals surface area contributed by atoms with Crippen LogP contribution >= 0.6 is 0 Å². The molecule has 3 radical (unpaired) electrons. The van der Waals surface area contributed by atoms with Crippen LogP contribution in [-0.4, -0.2) is 17.6 Å². The Kier molecular flexibility index (Phi) is 3.54. The second-order valence-corrected chi connectivity index (χ2v) is 4.08. The Morgan fingerprint density at radius 1 is 1.12 bits per heavy atom. The molecule has 0 spiro atoms. The maximum absolute atomic E-state index is 4.06. The Morgan fingerprint density at radius 3 is 2.56 bits per heavy atom. The zero-order valence-electron chi connectivity index (χ0n) is 9.23. The smallest absolute Gasteiger partial charge is 0.245 e. The van der Waals surface area contributed by atoms with E-state index in [0.29, 0.717) is 0 Å². The highest BCUT2D eigenvalue weighted by Crippen LogP contribution is 2.27. The molecule has 1 aliphatic carbocycles. The number of rotatable bonds is 0. The van der Waals surface area contributed by atoms with Crippen LogP contribution in [-0.2, 0) is 10.8 Å². The minimum atomic E-state index is 1.08. The van der Waals surface area contributed by atoms with Crippen molar-refractivity contribution in [1.82, 2.24) is 0 Å². The Labute approximate surface area is 99.3 Å². The van der Waals surface area contributed by atoms with Gasteiger partial charge in [-0.1, -0.05) is 48.6 Å². The van der Waals surface area contributed by atoms with Gasteiger partial charge in [0, 0.05) is 7.11 Å². The molecule has 0 saturated carbocycles. The van der Waals surface area contributed by atoms with Crippen molar-refractivity contribution < 1.29 is 4.43 Å². The van der Waals surface area contributed by atoms with E-state index in [1.54, 1.807) is 0 Å². The summed E-state index contributed by atoms with van der Waals surface area (Å²) in [5, 5.41) is 2.80. The van der Waals surface area contributed by atoms with Crippen LogP contribution in [0, 0.1) is 0 Å². The van der Waals surface area contributed by atoms with E-state index in [9.17, 15) is 0 Å². The van der Waals surface area contributed by atoms with Gasteiger partial charge in [0.2, 0.25) is 10.5 Å². The average molecular weight is 225 g/mol. The lowest BCUT2D eigenvalue weighted by Crippen LogP contribution is -1.91. The molecule has 3 rings (SSSR count). The van der Waals surface area contributed by atoms with Crippen molar-refractivity contribution in [2.45, 2.75) is 6.42 Å². The summed E-state index contributed by atoms with van der Waals surface area (Å²) in [5.41, 5.74) is 2.81. The summed E-state index contributed by atoms with van der Waals surface area (Å²) in [6.07, 6.45) is 5.53. The van der Waals surface area contributed by atoms with Gasteiger partial charge in [0.15, 0.2) is 0 Å². The second-order valence-electron chi connectivity index (χ2n) is 3.67. The molecular formula is C14H13OSi. The lowest BCUT2D eigenvalue weighted by Gasteiger charge is -2.11. The lowest BCUT2D eigenvalue weighted by atomic mass is 9.93. The average Bonchev–Trinajstić information content (AvgIpc) is 2.31. The summed E-state index contributed by atoms with van der Waals surface area (Å²) in [7, 11) is 4.22. The fourth-order valence-electron chi connectivity index (χ4n) is 2.07. The van der Waals surface area contributed by atoms with Crippen LogP contribution in [0.4, 0.5) is 0 Å². The Morgan fingerprint density at radius 2 is 1.81 bits per heavy atom. The third kappa shape index (κ3) is 2.08. The maximum Gasteiger partial charge on any atom is 0.245 e. The molecule has 1 nitrogen and oxygen atoms in total. The van der Waals surface area contributed by atoms with Crippen molar-refractivity contribution >= 4 is 27.3 Å².